The van der Waals surface area contributed by atoms with Gasteiger partial charge in [-0.3, -0.25) is 14.4 Å². The predicted octanol–water partition coefficient (Wildman–Crippen LogP) is 3.40. The van der Waals surface area contributed by atoms with E-state index >= 15 is 0 Å². The number of hydrogen-bond acceptors (Lipinski definition) is 6. The first-order valence-electron chi connectivity index (χ1n) is 7.85. The van der Waals surface area contributed by atoms with Gasteiger partial charge in [0.25, 0.3) is 0 Å². The van der Waals surface area contributed by atoms with E-state index in [-0.39, 0.29) is 10.8 Å². The van der Waals surface area contributed by atoms with Gasteiger partial charge in [0, 0.05) is 10.6 Å². The normalized spacial score (nSPS) is 11.2. The van der Waals surface area contributed by atoms with Gasteiger partial charge in [-0.2, -0.15) is 0 Å². The van der Waals surface area contributed by atoms with Crippen LogP contribution < -0.4 is 9.62 Å². The first-order valence-corrected chi connectivity index (χ1v) is 10.9. The molecule has 1 amide bonds. The fourth-order valence-corrected chi connectivity index (χ4v) is 4.04. The van der Waals surface area contributed by atoms with Gasteiger partial charge in [-0.25, -0.2) is 12.8 Å². The van der Waals surface area contributed by atoms with Gasteiger partial charge in [-0.1, -0.05) is 41.1 Å². The summed E-state index contributed by atoms with van der Waals surface area (Å²) in [6, 6.07) is 11.9. The molecule has 0 saturated carbocycles. The van der Waals surface area contributed by atoms with Crippen LogP contribution in [0.25, 0.3) is 10.6 Å². The highest BCUT2D eigenvalue weighted by molar-refractivity contribution is 7.92. The van der Waals surface area contributed by atoms with E-state index in [0.717, 1.165) is 33.5 Å². The van der Waals surface area contributed by atoms with Crippen molar-refractivity contribution in [1.82, 2.24) is 10.2 Å². The molecule has 0 fully saturated rings. The Kier molecular flexibility index (Phi) is 5.92. The fourth-order valence-electron chi connectivity index (χ4n) is 2.30. The van der Waals surface area contributed by atoms with Crippen LogP contribution in [-0.4, -0.2) is 37.3 Å². The average molecular weight is 441 g/mol. The van der Waals surface area contributed by atoms with Crippen molar-refractivity contribution in [3.8, 4) is 10.6 Å². The number of benzene rings is 2. The Morgan fingerprint density at radius 1 is 1.21 bits per heavy atom. The van der Waals surface area contributed by atoms with E-state index in [1.165, 1.54) is 18.2 Å². The number of rotatable bonds is 6. The van der Waals surface area contributed by atoms with Crippen LogP contribution in [0.1, 0.15) is 0 Å². The maximum absolute atomic E-state index is 13.4. The minimum Gasteiger partial charge on any atom is -0.299 e. The van der Waals surface area contributed by atoms with Gasteiger partial charge in [0.1, 0.15) is 17.4 Å². The van der Waals surface area contributed by atoms with Crippen molar-refractivity contribution in [2.45, 2.75) is 0 Å². The molecule has 0 spiro atoms. The number of sulfonamides is 1. The number of anilines is 2. The SMILES string of the molecule is CS(=O)(=O)N(CC(=O)Nc1nnc(-c2ccc(Cl)cc2)s1)c1cccc(F)c1. The zero-order chi connectivity index (χ0) is 20.3. The zero-order valence-corrected chi connectivity index (χ0v) is 16.9. The fraction of sp³-hybridized carbons (Fsp3) is 0.118. The van der Waals surface area contributed by atoms with E-state index in [2.05, 4.69) is 15.5 Å². The molecular weight excluding hydrogens is 427 g/mol. The lowest BCUT2D eigenvalue weighted by Gasteiger charge is -2.21. The predicted molar refractivity (Wildman–Crippen MR) is 108 cm³/mol. The van der Waals surface area contributed by atoms with Crippen LogP contribution in [0.15, 0.2) is 48.5 Å². The minimum atomic E-state index is -3.80. The average Bonchev–Trinajstić information content (AvgIpc) is 3.07. The quantitative estimate of drug-likeness (QED) is 0.634. The number of aromatic nitrogens is 2. The van der Waals surface area contributed by atoms with Gasteiger partial charge >= 0.3 is 0 Å². The smallest absolute Gasteiger partial charge is 0.246 e. The summed E-state index contributed by atoms with van der Waals surface area (Å²) in [5.74, 6) is -1.24. The van der Waals surface area contributed by atoms with E-state index in [9.17, 15) is 17.6 Å². The van der Waals surface area contributed by atoms with Crippen molar-refractivity contribution in [3.63, 3.8) is 0 Å². The highest BCUT2D eigenvalue weighted by atomic mass is 35.5. The number of halogens is 2. The van der Waals surface area contributed by atoms with Crippen molar-refractivity contribution in [3.05, 3.63) is 59.4 Å². The van der Waals surface area contributed by atoms with Crippen molar-refractivity contribution in [2.75, 3.05) is 22.4 Å². The lowest BCUT2D eigenvalue weighted by atomic mass is 10.2. The van der Waals surface area contributed by atoms with Crippen molar-refractivity contribution in [2.24, 2.45) is 0 Å². The maximum atomic E-state index is 13.4. The summed E-state index contributed by atoms with van der Waals surface area (Å²) in [5, 5.41) is 11.8. The maximum Gasteiger partial charge on any atom is 0.246 e. The Hall–Kier alpha value is -2.56. The first-order chi connectivity index (χ1) is 13.2. The van der Waals surface area contributed by atoms with E-state index in [4.69, 9.17) is 11.6 Å². The van der Waals surface area contributed by atoms with Crippen molar-refractivity contribution >= 4 is 49.7 Å². The van der Waals surface area contributed by atoms with Crippen LogP contribution >= 0.6 is 22.9 Å². The van der Waals surface area contributed by atoms with Gasteiger partial charge in [-0.05, 0) is 30.3 Å². The third-order valence-corrected chi connectivity index (χ3v) is 5.83. The second kappa shape index (κ2) is 8.21. The van der Waals surface area contributed by atoms with E-state index < -0.39 is 28.3 Å². The van der Waals surface area contributed by atoms with Crippen molar-refractivity contribution < 1.29 is 17.6 Å². The molecule has 0 aliphatic rings. The summed E-state index contributed by atoms with van der Waals surface area (Å²) in [6.45, 7) is -0.530. The van der Waals surface area contributed by atoms with Gasteiger partial charge in [-0.15, -0.1) is 10.2 Å². The van der Waals surface area contributed by atoms with Gasteiger partial charge in [0.15, 0.2) is 0 Å². The molecule has 0 aliphatic heterocycles. The molecule has 2 aromatic carbocycles. The summed E-state index contributed by atoms with van der Waals surface area (Å²) in [4.78, 5) is 12.3. The monoisotopic (exact) mass is 440 g/mol. The largest absolute Gasteiger partial charge is 0.299 e. The number of carbonyl (C=O) groups excluding carboxylic acids is 1. The van der Waals surface area contributed by atoms with Crippen LogP contribution in [0, 0.1) is 5.82 Å². The second-order valence-corrected chi connectivity index (χ2v) is 9.04. The molecule has 146 valence electrons. The topological polar surface area (TPSA) is 92.3 Å². The van der Waals surface area contributed by atoms with E-state index in [1.54, 1.807) is 24.3 Å². The molecule has 3 aromatic rings. The van der Waals surface area contributed by atoms with Gasteiger partial charge in [0.05, 0.1) is 11.9 Å². The molecule has 0 unspecified atom stereocenters. The summed E-state index contributed by atoms with van der Waals surface area (Å²) in [5.41, 5.74) is 0.830. The molecule has 0 aliphatic carbocycles. The van der Waals surface area contributed by atoms with Crippen LogP contribution in [0.3, 0.4) is 0 Å². The van der Waals surface area contributed by atoms with Crippen LogP contribution in [0.5, 0.6) is 0 Å². The molecule has 0 atom stereocenters. The molecule has 1 heterocycles. The van der Waals surface area contributed by atoms with Gasteiger partial charge < -0.3 is 0 Å². The minimum absolute atomic E-state index is 0.0526. The molecule has 7 nitrogen and oxygen atoms in total. The van der Waals surface area contributed by atoms with E-state index in [1.807, 2.05) is 0 Å². The molecule has 0 bridgehead atoms. The number of nitrogens with one attached hydrogen (secondary N) is 1. The summed E-state index contributed by atoms with van der Waals surface area (Å²) < 4.78 is 38.3. The molecule has 11 heteroatoms. The van der Waals surface area contributed by atoms with E-state index in [0.29, 0.717) is 10.0 Å². The second-order valence-electron chi connectivity index (χ2n) is 5.72. The van der Waals surface area contributed by atoms with Crippen molar-refractivity contribution in [1.29, 1.82) is 0 Å². The first kappa shape index (κ1) is 20.2. The van der Waals surface area contributed by atoms with Crippen LogP contribution in [0.4, 0.5) is 15.2 Å². The Bertz CT molecular complexity index is 1100. The molecule has 0 saturated heterocycles. The Labute approximate surface area is 169 Å². The lowest BCUT2D eigenvalue weighted by Crippen LogP contribution is -2.37. The van der Waals surface area contributed by atoms with Gasteiger partial charge in [0.2, 0.25) is 21.1 Å². The number of carbonyl (C=O) groups is 1. The molecule has 28 heavy (non-hydrogen) atoms. The third kappa shape index (κ3) is 5.03. The Morgan fingerprint density at radius 2 is 1.93 bits per heavy atom. The zero-order valence-electron chi connectivity index (χ0n) is 14.5. The molecule has 1 aromatic heterocycles. The third-order valence-electron chi connectivity index (χ3n) is 3.55. The molecule has 0 radical (unpaired) electrons. The lowest BCUT2D eigenvalue weighted by molar-refractivity contribution is -0.114. The summed E-state index contributed by atoms with van der Waals surface area (Å²) >= 11 is 6.98. The summed E-state index contributed by atoms with van der Waals surface area (Å²) in [7, 11) is -3.80. The number of nitrogens with zero attached hydrogens (tertiary/aromatic N) is 3. The number of hydrogen-bond donors (Lipinski definition) is 1. The summed E-state index contributed by atoms with van der Waals surface area (Å²) in [6.07, 6.45) is 0.939. The number of amides is 1. The highest BCUT2D eigenvalue weighted by Gasteiger charge is 2.22. The standard InChI is InChI=1S/C17H14ClFN4O3S2/c1-28(25,26)23(14-4-2-3-13(19)9-14)10-15(24)20-17-22-21-16(27-17)11-5-7-12(18)8-6-11/h2-9H,10H2,1H3,(H,20,22,24). The van der Waals surface area contributed by atoms with Crippen LogP contribution in [-0.2, 0) is 14.8 Å². The van der Waals surface area contributed by atoms with Crippen LogP contribution in [0.2, 0.25) is 5.02 Å². The highest BCUT2D eigenvalue weighted by Crippen LogP contribution is 2.27. The molecule has 1 N–H and O–H groups in total. The molecule has 3 rings (SSSR count). The Balaban J connectivity index is 1.74. The Morgan fingerprint density at radius 3 is 2.57 bits per heavy atom. The molecular formula is C17H14ClFN4O3S2.